The fourth-order valence-corrected chi connectivity index (χ4v) is 2.36. The third-order valence-electron chi connectivity index (χ3n) is 3.62. The molecule has 2 rings (SSSR count). The molecule has 0 saturated heterocycles. The fraction of sp³-hybridized carbons (Fsp3) is 0.500. The quantitative estimate of drug-likeness (QED) is 0.755. The van der Waals surface area contributed by atoms with Crippen LogP contribution in [-0.2, 0) is 4.79 Å². The highest BCUT2D eigenvalue weighted by atomic mass is 19.4. The van der Waals surface area contributed by atoms with Gasteiger partial charge in [-0.2, -0.15) is 13.2 Å². The summed E-state index contributed by atoms with van der Waals surface area (Å²) in [5, 5.41) is 8.96. The molecule has 1 heterocycles. The molecule has 1 aliphatic rings. The summed E-state index contributed by atoms with van der Waals surface area (Å²) < 4.78 is 41.5. The van der Waals surface area contributed by atoms with Gasteiger partial charge in [-0.15, -0.1) is 0 Å². The Labute approximate surface area is 168 Å². The summed E-state index contributed by atoms with van der Waals surface area (Å²) in [5.74, 6) is -0.964. The molecular weight excluding hydrogens is 387 g/mol. The Hall–Kier alpha value is -2.55. The summed E-state index contributed by atoms with van der Waals surface area (Å²) in [4.78, 5) is 16.8. The number of benzene rings is 1. The summed E-state index contributed by atoms with van der Waals surface area (Å²) in [6.45, 7) is 8.34. The number of carbonyl (C=O) groups is 1. The van der Waals surface area contributed by atoms with Crippen molar-refractivity contribution in [1.29, 1.82) is 0 Å². The van der Waals surface area contributed by atoms with Gasteiger partial charge in [0.15, 0.2) is 6.61 Å². The molecule has 0 aliphatic carbocycles. The highest BCUT2D eigenvalue weighted by Gasteiger charge is 2.28. The Kier molecular flexibility index (Phi) is 8.25. The van der Waals surface area contributed by atoms with Gasteiger partial charge in [-0.05, 0) is 58.4 Å². The molecule has 162 valence electrons. The van der Waals surface area contributed by atoms with Gasteiger partial charge >= 0.3 is 12.1 Å². The van der Waals surface area contributed by atoms with Gasteiger partial charge in [0.2, 0.25) is 0 Å². The van der Waals surface area contributed by atoms with Gasteiger partial charge < -0.3 is 20.5 Å². The number of alkyl halides is 3. The summed E-state index contributed by atoms with van der Waals surface area (Å²) in [6.07, 6.45) is -2.93. The number of hydrogen-bond donors (Lipinski definition) is 2. The highest BCUT2D eigenvalue weighted by molar-refractivity contribution is 6.40. The smallest absolute Gasteiger partial charge is 0.422 e. The zero-order valence-electron chi connectivity index (χ0n) is 17.2. The van der Waals surface area contributed by atoms with Crippen LogP contribution in [0.5, 0.6) is 5.75 Å². The Morgan fingerprint density at radius 1 is 1.34 bits per heavy atom. The zero-order valence-corrected chi connectivity index (χ0v) is 17.2. The highest BCUT2D eigenvalue weighted by Crippen LogP contribution is 2.28. The van der Waals surface area contributed by atoms with E-state index in [1.54, 1.807) is 25.1 Å². The van der Waals surface area contributed by atoms with E-state index in [4.69, 9.17) is 15.6 Å². The molecule has 3 N–H and O–H groups in total. The lowest BCUT2D eigenvalue weighted by molar-refractivity contribution is -0.153. The largest absolute Gasteiger partial charge is 0.484 e. The van der Waals surface area contributed by atoms with Crippen LogP contribution in [0.4, 0.5) is 13.2 Å². The van der Waals surface area contributed by atoms with Gasteiger partial charge in [0, 0.05) is 11.2 Å². The summed E-state index contributed by atoms with van der Waals surface area (Å²) in [6, 6.07) is 6.19. The van der Waals surface area contributed by atoms with Crippen LogP contribution in [0.25, 0.3) is 0 Å². The number of rotatable bonds is 5. The summed E-state index contributed by atoms with van der Waals surface area (Å²) in [7, 11) is 0. The van der Waals surface area contributed by atoms with Crippen molar-refractivity contribution in [3.8, 4) is 5.75 Å². The van der Waals surface area contributed by atoms with Crippen LogP contribution in [0.15, 0.2) is 41.0 Å². The van der Waals surface area contributed by atoms with E-state index in [1.807, 2.05) is 32.6 Å². The van der Waals surface area contributed by atoms with E-state index in [-0.39, 0.29) is 29.7 Å². The lowest BCUT2D eigenvalue weighted by Crippen LogP contribution is -2.31. The first-order valence-corrected chi connectivity index (χ1v) is 8.98. The maximum absolute atomic E-state index is 12.2. The number of halogens is 3. The van der Waals surface area contributed by atoms with Crippen LogP contribution in [0.1, 0.15) is 46.2 Å². The molecule has 9 heteroatoms. The van der Waals surface area contributed by atoms with Gasteiger partial charge in [-0.25, -0.2) is 4.79 Å². The first-order valence-electron chi connectivity index (χ1n) is 8.98. The Morgan fingerprint density at radius 2 is 1.93 bits per heavy atom. The average Bonchev–Trinajstić information content (AvgIpc) is 2.57. The SMILES string of the molecule is CC(C)(C)N.CC1=CC(C(=O)O)=NCN1C(C)c1cccc(OCC(F)(F)F)c1. The summed E-state index contributed by atoms with van der Waals surface area (Å²) >= 11 is 0. The molecule has 1 aliphatic heterocycles. The topological polar surface area (TPSA) is 88.2 Å². The third kappa shape index (κ3) is 9.47. The first-order chi connectivity index (χ1) is 13.2. The maximum atomic E-state index is 12.2. The number of hydrogen-bond acceptors (Lipinski definition) is 5. The number of ether oxygens (including phenoxy) is 1. The molecule has 29 heavy (non-hydrogen) atoms. The first kappa shape index (κ1) is 24.5. The number of carboxylic acids is 1. The predicted octanol–water partition coefficient (Wildman–Crippen LogP) is 4.13. The standard InChI is InChI=1S/C16H17F3N2O3.C4H11N/c1-10-6-14(15(22)23)20-9-21(10)11(2)12-4-3-5-13(7-12)24-8-16(17,18)19;1-4(2,3)5/h3-7,11H,8-9H2,1-2H3,(H,22,23);5H2,1-3H3. The minimum atomic E-state index is -4.39. The molecule has 0 radical (unpaired) electrons. The van der Waals surface area contributed by atoms with Crippen molar-refractivity contribution in [3.05, 3.63) is 41.6 Å². The molecule has 0 aromatic heterocycles. The molecule has 0 spiro atoms. The van der Waals surface area contributed by atoms with Crippen LogP contribution in [0, 0.1) is 0 Å². The molecule has 1 unspecified atom stereocenters. The molecule has 1 aromatic carbocycles. The molecule has 0 amide bonds. The van der Waals surface area contributed by atoms with Gasteiger partial charge in [-0.1, -0.05) is 12.1 Å². The van der Waals surface area contributed by atoms with Crippen molar-refractivity contribution in [2.75, 3.05) is 13.3 Å². The van der Waals surface area contributed by atoms with Crippen molar-refractivity contribution in [3.63, 3.8) is 0 Å². The second kappa shape index (κ2) is 9.78. The van der Waals surface area contributed by atoms with Gasteiger partial charge in [0.05, 0.1) is 6.04 Å². The van der Waals surface area contributed by atoms with Gasteiger partial charge in [0.1, 0.15) is 18.1 Å². The van der Waals surface area contributed by atoms with E-state index in [0.717, 1.165) is 11.3 Å². The van der Waals surface area contributed by atoms with Gasteiger partial charge in [0.25, 0.3) is 0 Å². The number of nitrogens with two attached hydrogens (primary N) is 1. The van der Waals surface area contributed by atoms with Crippen LogP contribution in [0.3, 0.4) is 0 Å². The van der Waals surface area contributed by atoms with Crippen molar-refractivity contribution < 1.29 is 27.8 Å². The number of carboxylic acid groups (broad SMARTS) is 1. The van der Waals surface area contributed by atoms with Crippen LogP contribution >= 0.6 is 0 Å². The lowest BCUT2D eigenvalue weighted by atomic mass is 10.1. The predicted molar refractivity (Wildman–Crippen MR) is 106 cm³/mol. The van der Waals surface area contributed by atoms with E-state index in [0.29, 0.717) is 0 Å². The van der Waals surface area contributed by atoms with Crippen LogP contribution in [-0.4, -0.2) is 46.7 Å². The lowest BCUT2D eigenvalue weighted by Gasteiger charge is -2.33. The van der Waals surface area contributed by atoms with E-state index < -0.39 is 18.8 Å². The van der Waals surface area contributed by atoms with E-state index >= 15 is 0 Å². The van der Waals surface area contributed by atoms with Crippen molar-refractivity contribution in [1.82, 2.24) is 4.90 Å². The van der Waals surface area contributed by atoms with E-state index in [1.165, 1.54) is 12.1 Å². The van der Waals surface area contributed by atoms with Crippen molar-refractivity contribution >= 4 is 11.7 Å². The molecule has 1 atom stereocenters. The molecule has 0 fully saturated rings. The average molecular weight is 415 g/mol. The Bertz CT molecular complexity index is 762. The fourth-order valence-electron chi connectivity index (χ4n) is 2.36. The molecule has 0 saturated carbocycles. The van der Waals surface area contributed by atoms with Crippen molar-refractivity contribution in [2.24, 2.45) is 10.7 Å². The maximum Gasteiger partial charge on any atom is 0.422 e. The number of nitrogens with zero attached hydrogens (tertiary/aromatic N) is 2. The zero-order chi connectivity index (χ0) is 22.4. The number of aliphatic carboxylic acids is 1. The molecule has 0 bridgehead atoms. The van der Waals surface area contributed by atoms with Gasteiger partial charge in [-0.3, -0.25) is 4.99 Å². The third-order valence-corrected chi connectivity index (χ3v) is 3.62. The molecule has 1 aromatic rings. The monoisotopic (exact) mass is 415 g/mol. The van der Waals surface area contributed by atoms with E-state index in [2.05, 4.69) is 4.99 Å². The second-order valence-corrected chi connectivity index (χ2v) is 7.76. The van der Waals surface area contributed by atoms with Crippen LogP contribution < -0.4 is 10.5 Å². The van der Waals surface area contributed by atoms with E-state index in [9.17, 15) is 18.0 Å². The number of aliphatic imine (C=N–C) groups is 1. The van der Waals surface area contributed by atoms with Crippen LogP contribution in [0.2, 0.25) is 0 Å². The van der Waals surface area contributed by atoms with Crippen molar-refractivity contribution in [2.45, 2.75) is 52.4 Å². The molecule has 6 nitrogen and oxygen atoms in total. The normalized spacial score (nSPS) is 15.6. The Morgan fingerprint density at radius 3 is 2.41 bits per heavy atom. The summed E-state index contributed by atoms with van der Waals surface area (Å²) in [5.41, 5.74) is 6.80. The Balaban J connectivity index is 0.000000749. The second-order valence-electron chi connectivity index (χ2n) is 7.76. The molecular formula is C20H28F3N3O3. The minimum absolute atomic E-state index is 0. The minimum Gasteiger partial charge on any atom is -0.484 e. The number of allylic oxidation sites excluding steroid dienone is 1.